The summed E-state index contributed by atoms with van der Waals surface area (Å²) in [6.45, 7) is -1.19. The quantitative estimate of drug-likeness (QED) is 0.494. The van der Waals surface area contributed by atoms with Gasteiger partial charge in [-0.1, -0.05) is 36.4 Å². The van der Waals surface area contributed by atoms with Crippen molar-refractivity contribution >= 4 is 26.7 Å². The number of fused-ring (bicyclic) bond motifs is 1. The average Bonchev–Trinajstić information content (AvgIpc) is 2.43. The standard InChI is InChI=1S/C13H9F3O4S/c14-13(15,16)21(18,19)20-8-12(17)11-6-5-9-3-1-2-4-10(9)7-11/h1-7H,8H2. The van der Waals surface area contributed by atoms with Gasteiger partial charge in [0.25, 0.3) is 0 Å². The number of hydrogen-bond donors (Lipinski definition) is 0. The summed E-state index contributed by atoms with van der Waals surface area (Å²) in [6.07, 6.45) is 0. The second kappa shape index (κ2) is 5.45. The van der Waals surface area contributed by atoms with Crippen molar-refractivity contribution in [3.63, 3.8) is 0 Å². The Balaban J connectivity index is 2.16. The van der Waals surface area contributed by atoms with E-state index in [1.54, 1.807) is 30.3 Å². The molecule has 0 aliphatic carbocycles. The molecule has 0 saturated heterocycles. The Morgan fingerprint density at radius 2 is 1.67 bits per heavy atom. The van der Waals surface area contributed by atoms with Gasteiger partial charge in [-0.15, -0.1) is 0 Å². The van der Waals surface area contributed by atoms with Gasteiger partial charge in [-0.25, -0.2) is 0 Å². The third-order valence-electron chi connectivity index (χ3n) is 2.70. The molecule has 0 spiro atoms. The normalized spacial score (nSPS) is 12.5. The number of carbonyl (C=O) groups is 1. The molecule has 0 atom stereocenters. The van der Waals surface area contributed by atoms with Gasteiger partial charge in [0.2, 0.25) is 0 Å². The van der Waals surface area contributed by atoms with Crippen molar-refractivity contribution < 1.29 is 30.6 Å². The second-order valence-electron chi connectivity index (χ2n) is 4.15. The van der Waals surface area contributed by atoms with Crippen LogP contribution in [-0.2, 0) is 14.3 Å². The van der Waals surface area contributed by atoms with Crippen LogP contribution in [0.1, 0.15) is 10.4 Å². The maximum Gasteiger partial charge on any atom is 0.523 e. The number of rotatable bonds is 4. The van der Waals surface area contributed by atoms with Crippen molar-refractivity contribution in [2.45, 2.75) is 5.51 Å². The number of carbonyl (C=O) groups excluding carboxylic acids is 1. The van der Waals surface area contributed by atoms with E-state index in [0.29, 0.717) is 5.39 Å². The molecular formula is C13H9F3O4S. The molecule has 0 N–H and O–H groups in total. The lowest BCUT2D eigenvalue weighted by atomic mass is 10.0. The number of halogens is 3. The van der Waals surface area contributed by atoms with E-state index in [-0.39, 0.29) is 5.56 Å². The number of hydrogen-bond acceptors (Lipinski definition) is 4. The number of benzene rings is 2. The molecule has 0 amide bonds. The third-order valence-corrected chi connectivity index (χ3v) is 3.70. The lowest BCUT2D eigenvalue weighted by Gasteiger charge is -2.08. The first-order valence-electron chi connectivity index (χ1n) is 5.68. The maximum atomic E-state index is 12.1. The van der Waals surface area contributed by atoms with Gasteiger partial charge in [-0.3, -0.25) is 8.98 Å². The molecule has 0 heterocycles. The van der Waals surface area contributed by atoms with Gasteiger partial charge < -0.3 is 0 Å². The Labute approximate surface area is 118 Å². The highest BCUT2D eigenvalue weighted by atomic mass is 32.2. The molecule has 0 unspecified atom stereocenters. The summed E-state index contributed by atoms with van der Waals surface area (Å²) >= 11 is 0. The molecule has 8 heteroatoms. The maximum absolute atomic E-state index is 12.1. The zero-order valence-electron chi connectivity index (χ0n) is 10.4. The van der Waals surface area contributed by atoms with E-state index in [0.717, 1.165) is 5.39 Å². The second-order valence-corrected chi connectivity index (χ2v) is 5.75. The summed E-state index contributed by atoms with van der Waals surface area (Å²) in [7, 11) is -5.76. The summed E-state index contributed by atoms with van der Waals surface area (Å²) in [5.74, 6) is -0.853. The van der Waals surface area contributed by atoms with Crippen molar-refractivity contribution in [3.05, 3.63) is 48.0 Å². The van der Waals surface area contributed by atoms with Crippen molar-refractivity contribution in [2.75, 3.05) is 6.61 Å². The summed E-state index contributed by atoms with van der Waals surface area (Å²) in [6, 6.07) is 11.5. The summed E-state index contributed by atoms with van der Waals surface area (Å²) in [5, 5.41) is 1.56. The fourth-order valence-corrected chi connectivity index (χ4v) is 2.04. The SMILES string of the molecule is O=C(COS(=O)(=O)C(F)(F)F)c1ccc2ccccc2c1. The van der Waals surface area contributed by atoms with E-state index in [1.165, 1.54) is 12.1 Å². The van der Waals surface area contributed by atoms with Crippen molar-refractivity contribution in [3.8, 4) is 0 Å². The monoisotopic (exact) mass is 318 g/mol. The van der Waals surface area contributed by atoms with E-state index in [2.05, 4.69) is 4.18 Å². The van der Waals surface area contributed by atoms with E-state index >= 15 is 0 Å². The van der Waals surface area contributed by atoms with Crippen molar-refractivity contribution in [2.24, 2.45) is 0 Å². The van der Waals surface area contributed by atoms with Crippen LogP contribution in [0.15, 0.2) is 42.5 Å². The molecule has 0 fully saturated rings. The summed E-state index contributed by atoms with van der Waals surface area (Å²) in [5.41, 5.74) is -5.47. The summed E-state index contributed by atoms with van der Waals surface area (Å²) in [4.78, 5) is 11.7. The molecule has 0 bridgehead atoms. The van der Waals surface area contributed by atoms with Gasteiger partial charge in [0.05, 0.1) is 0 Å². The first-order chi connectivity index (χ1) is 9.71. The fraction of sp³-hybridized carbons (Fsp3) is 0.154. The van der Waals surface area contributed by atoms with Crippen molar-refractivity contribution in [1.82, 2.24) is 0 Å². The van der Waals surface area contributed by atoms with Gasteiger partial charge in [-0.05, 0) is 16.8 Å². The van der Waals surface area contributed by atoms with Gasteiger partial charge in [0, 0.05) is 5.56 Å². The molecule has 2 aromatic rings. The Bertz CT molecular complexity index is 781. The lowest BCUT2D eigenvalue weighted by Crippen LogP contribution is -2.27. The van der Waals surface area contributed by atoms with Gasteiger partial charge in [0.1, 0.15) is 6.61 Å². The van der Waals surface area contributed by atoms with Crippen LogP contribution in [-0.4, -0.2) is 26.3 Å². The molecule has 0 radical (unpaired) electrons. The molecule has 2 rings (SSSR count). The molecule has 2 aromatic carbocycles. The highest BCUT2D eigenvalue weighted by Gasteiger charge is 2.47. The van der Waals surface area contributed by atoms with E-state index in [9.17, 15) is 26.4 Å². The predicted molar refractivity (Wildman–Crippen MR) is 69.2 cm³/mol. The van der Waals surface area contributed by atoms with E-state index < -0.39 is 28.0 Å². The van der Waals surface area contributed by atoms with Crippen LogP contribution in [0.5, 0.6) is 0 Å². The first-order valence-corrected chi connectivity index (χ1v) is 7.09. The largest absolute Gasteiger partial charge is 0.523 e. The van der Waals surface area contributed by atoms with Crippen LogP contribution in [0.4, 0.5) is 13.2 Å². The smallest absolute Gasteiger partial charge is 0.291 e. The molecule has 0 saturated carbocycles. The minimum atomic E-state index is -5.76. The molecule has 112 valence electrons. The number of ketones is 1. The molecule has 4 nitrogen and oxygen atoms in total. The van der Waals surface area contributed by atoms with Crippen LogP contribution in [0.25, 0.3) is 10.8 Å². The first kappa shape index (κ1) is 15.5. The Morgan fingerprint density at radius 1 is 1.05 bits per heavy atom. The molecule has 21 heavy (non-hydrogen) atoms. The molecule has 0 aromatic heterocycles. The molecule has 0 aliphatic heterocycles. The van der Waals surface area contributed by atoms with Crippen LogP contribution in [0.2, 0.25) is 0 Å². The zero-order valence-corrected chi connectivity index (χ0v) is 11.2. The van der Waals surface area contributed by atoms with Crippen LogP contribution >= 0.6 is 0 Å². The Kier molecular flexibility index (Phi) is 4.02. The average molecular weight is 318 g/mol. The molecule has 0 aliphatic rings. The topological polar surface area (TPSA) is 60.4 Å². The van der Waals surface area contributed by atoms with Gasteiger partial charge in [-0.2, -0.15) is 21.6 Å². The number of Topliss-reactive ketones (excluding diaryl/α,β-unsaturated/α-hetero) is 1. The van der Waals surface area contributed by atoms with Gasteiger partial charge >= 0.3 is 15.6 Å². The number of alkyl halides is 3. The minimum Gasteiger partial charge on any atom is -0.291 e. The summed E-state index contributed by atoms with van der Waals surface area (Å²) < 4.78 is 61.3. The van der Waals surface area contributed by atoms with Gasteiger partial charge in [0.15, 0.2) is 5.78 Å². The fourth-order valence-electron chi connectivity index (χ4n) is 1.64. The van der Waals surface area contributed by atoms with E-state index in [1.807, 2.05) is 0 Å². The highest BCUT2D eigenvalue weighted by Crippen LogP contribution is 2.24. The lowest BCUT2D eigenvalue weighted by molar-refractivity contribution is -0.0536. The van der Waals surface area contributed by atoms with Crippen LogP contribution in [0, 0.1) is 0 Å². The van der Waals surface area contributed by atoms with Crippen molar-refractivity contribution in [1.29, 1.82) is 0 Å². The zero-order chi connectivity index (χ0) is 15.7. The minimum absolute atomic E-state index is 0.0751. The Hall–Kier alpha value is -1.93. The highest BCUT2D eigenvalue weighted by molar-refractivity contribution is 7.87. The predicted octanol–water partition coefficient (Wildman–Crippen LogP) is 2.89. The van der Waals surface area contributed by atoms with E-state index in [4.69, 9.17) is 0 Å². The third kappa shape index (κ3) is 3.40. The molecular weight excluding hydrogens is 309 g/mol. The van der Waals surface area contributed by atoms with Crippen LogP contribution in [0.3, 0.4) is 0 Å². The Morgan fingerprint density at radius 3 is 2.29 bits per heavy atom. The van der Waals surface area contributed by atoms with Crippen LogP contribution < -0.4 is 0 Å².